The molecule has 0 bridgehead atoms. The molecular weight excluding hydrogens is 244 g/mol. The zero-order valence-electron chi connectivity index (χ0n) is 11.3. The number of rotatable bonds is 4. The Balaban J connectivity index is 2.25. The van der Waals surface area contributed by atoms with E-state index in [0.717, 1.165) is 22.8 Å². The molecule has 0 saturated heterocycles. The van der Waals surface area contributed by atoms with E-state index in [4.69, 9.17) is 17.3 Å². The third-order valence-electron chi connectivity index (χ3n) is 3.91. The minimum absolute atomic E-state index is 0.0399. The van der Waals surface area contributed by atoms with E-state index in [1.165, 1.54) is 25.7 Å². The molecule has 2 rings (SSSR count). The Hall–Kier alpha value is -0.730. The van der Waals surface area contributed by atoms with E-state index in [0.29, 0.717) is 6.04 Å². The van der Waals surface area contributed by atoms with Crippen LogP contribution in [0.2, 0.25) is 5.02 Å². The summed E-state index contributed by atoms with van der Waals surface area (Å²) in [5, 5.41) is 0.832. The quantitative estimate of drug-likeness (QED) is 0.888. The monoisotopic (exact) mass is 266 g/mol. The minimum Gasteiger partial charge on any atom is -0.368 e. The van der Waals surface area contributed by atoms with Crippen molar-refractivity contribution in [3.8, 4) is 0 Å². The molecule has 0 heterocycles. The van der Waals surface area contributed by atoms with E-state index in [1.54, 1.807) is 0 Å². The average molecular weight is 267 g/mol. The van der Waals surface area contributed by atoms with Gasteiger partial charge >= 0.3 is 0 Å². The lowest BCUT2D eigenvalue weighted by Gasteiger charge is -2.31. The second-order valence-electron chi connectivity index (χ2n) is 5.22. The van der Waals surface area contributed by atoms with Gasteiger partial charge in [-0.05, 0) is 44.4 Å². The summed E-state index contributed by atoms with van der Waals surface area (Å²) < 4.78 is 0. The van der Waals surface area contributed by atoms with Gasteiger partial charge in [0.25, 0.3) is 0 Å². The van der Waals surface area contributed by atoms with Crippen molar-refractivity contribution in [2.75, 3.05) is 11.4 Å². The molecule has 2 N–H and O–H groups in total. The molecule has 1 aliphatic carbocycles. The van der Waals surface area contributed by atoms with Gasteiger partial charge in [0.05, 0.1) is 10.7 Å². The topological polar surface area (TPSA) is 29.3 Å². The van der Waals surface area contributed by atoms with E-state index in [1.807, 2.05) is 13.0 Å². The number of nitrogens with two attached hydrogens (primary N) is 1. The molecule has 100 valence electrons. The predicted molar refractivity (Wildman–Crippen MR) is 79.3 cm³/mol. The Bertz CT molecular complexity index is 397. The first kappa shape index (κ1) is 13.7. The van der Waals surface area contributed by atoms with Gasteiger partial charge in [0, 0.05) is 18.6 Å². The number of hydrogen-bond acceptors (Lipinski definition) is 2. The lowest BCUT2D eigenvalue weighted by molar-refractivity contribution is 0.620. The van der Waals surface area contributed by atoms with E-state index in [9.17, 15) is 0 Å². The Morgan fingerprint density at radius 1 is 1.39 bits per heavy atom. The standard InChI is InChI=1S/C15H23ClN2/c1-3-18(13-6-4-5-7-13)15-9-8-12(11(2)17)10-14(15)16/h8-11,13H,3-7,17H2,1-2H3. The van der Waals surface area contributed by atoms with Crippen LogP contribution in [0.5, 0.6) is 0 Å². The van der Waals surface area contributed by atoms with E-state index in [2.05, 4.69) is 24.0 Å². The first-order valence-corrected chi connectivity index (χ1v) is 7.33. The van der Waals surface area contributed by atoms with E-state index < -0.39 is 0 Å². The molecule has 3 heteroatoms. The molecule has 1 fully saturated rings. The molecule has 18 heavy (non-hydrogen) atoms. The zero-order valence-corrected chi connectivity index (χ0v) is 12.1. The number of anilines is 1. The molecule has 0 aromatic heterocycles. The summed E-state index contributed by atoms with van der Waals surface area (Å²) in [6, 6.07) is 6.94. The largest absolute Gasteiger partial charge is 0.368 e. The van der Waals surface area contributed by atoms with Gasteiger partial charge in [-0.1, -0.05) is 30.5 Å². The summed E-state index contributed by atoms with van der Waals surface area (Å²) in [4.78, 5) is 2.44. The highest BCUT2D eigenvalue weighted by atomic mass is 35.5. The summed E-state index contributed by atoms with van der Waals surface area (Å²) in [6.07, 6.45) is 5.27. The lowest BCUT2D eigenvalue weighted by atomic mass is 10.1. The molecule has 1 aliphatic rings. The molecule has 2 nitrogen and oxygen atoms in total. The lowest BCUT2D eigenvalue weighted by Crippen LogP contribution is -2.33. The Kier molecular flexibility index (Phi) is 4.52. The molecule has 0 aliphatic heterocycles. The fourth-order valence-corrected chi connectivity index (χ4v) is 3.18. The fraction of sp³-hybridized carbons (Fsp3) is 0.600. The molecule has 0 spiro atoms. The maximum atomic E-state index is 6.43. The first-order chi connectivity index (χ1) is 8.63. The molecule has 1 unspecified atom stereocenters. The van der Waals surface area contributed by atoms with Crippen molar-refractivity contribution < 1.29 is 0 Å². The Morgan fingerprint density at radius 3 is 2.56 bits per heavy atom. The van der Waals surface area contributed by atoms with Gasteiger partial charge in [-0.3, -0.25) is 0 Å². The predicted octanol–water partition coefficient (Wildman–Crippen LogP) is 4.13. The third kappa shape index (κ3) is 2.81. The van der Waals surface area contributed by atoms with Crippen molar-refractivity contribution in [1.29, 1.82) is 0 Å². The average Bonchev–Trinajstić information content (AvgIpc) is 2.85. The second-order valence-corrected chi connectivity index (χ2v) is 5.63. The van der Waals surface area contributed by atoms with Crippen molar-refractivity contribution in [2.24, 2.45) is 5.73 Å². The SMILES string of the molecule is CCN(c1ccc(C(C)N)cc1Cl)C1CCCC1. The van der Waals surface area contributed by atoms with Crippen LogP contribution >= 0.6 is 11.6 Å². The van der Waals surface area contributed by atoms with Crippen LogP contribution in [0.3, 0.4) is 0 Å². The van der Waals surface area contributed by atoms with E-state index >= 15 is 0 Å². The van der Waals surface area contributed by atoms with Crippen LogP contribution in [0.25, 0.3) is 0 Å². The van der Waals surface area contributed by atoms with Crippen molar-refractivity contribution >= 4 is 17.3 Å². The molecular formula is C15H23ClN2. The van der Waals surface area contributed by atoms with Crippen molar-refractivity contribution in [1.82, 2.24) is 0 Å². The van der Waals surface area contributed by atoms with Gasteiger partial charge in [-0.2, -0.15) is 0 Å². The van der Waals surface area contributed by atoms with E-state index in [-0.39, 0.29) is 6.04 Å². The Labute approximate surface area is 115 Å². The van der Waals surface area contributed by atoms with Crippen LogP contribution in [0.15, 0.2) is 18.2 Å². The summed E-state index contributed by atoms with van der Waals surface area (Å²) in [6.45, 7) is 5.20. The number of halogens is 1. The molecule has 1 aromatic rings. The molecule has 1 saturated carbocycles. The molecule has 1 atom stereocenters. The fourth-order valence-electron chi connectivity index (χ4n) is 2.88. The molecule has 1 aromatic carbocycles. The summed E-state index contributed by atoms with van der Waals surface area (Å²) in [7, 11) is 0. The Morgan fingerprint density at radius 2 is 2.06 bits per heavy atom. The normalized spacial score (nSPS) is 18.0. The molecule has 0 radical (unpaired) electrons. The van der Waals surface area contributed by atoms with Crippen molar-refractivity contribution in [3.63, 3.8) is 0 Å². The highest BCUT2D eigenvalue weighted by molar-refractivity contribution is 6.33. The van der Waals surface area contributed by atoms with Crippen molar-refractivity contribution in [3.05, 3.63) is 28.8 Å². The van der Waals surface area contributed by atoms with Gasteiger partial charge in [-0.25, -0.2) is 0 Å². The second kappa shape index (κ2) is 5.94. The van der Waals surface area contributed by atoms with Crippen LogP contribution in [0.1, 0.15) is 51.1 Å². The van der Waals surface area contributed by atoms with Crippen LogP contribution in [-0.2, 0) is 0 Å². The third-order valence-corrected chi connectivity index (χ3v) is 4.22. The molecule has 0 amide bonds. The minimum atomic E-state index is 0.0399. The maximum absolute atomic E-state index is 6.43. The van der Waals surface area contributed by atoms with Gasteiger partial charge in [-0.15, -0.1) is 0 Å². The number of hydrogen-bond donors (Lipinski definition) is 1. The number of benzene rings is 1. The van der Waals surface area contributed by atoms with Gasteiger partial charge in [0.1, 0.15) is 0 Å². The van der Waals surface area contributed by atoms with Gasteiger partial charge in [0.15, 0.2) is 0 Å². The smallest absolute Gasteiger partial charge is 0.0642 e. The van der Waals surface area contributed by atoms with Crippen LogP contribution < -0.4 is 10.6 Å². The first-order valence-electron chi connectivity index (χ1n) is 6.95. The number of nitrogens with zero attached hydrogens (tertiary/aromatic N) is 1. The highest BCUT2D eigenvalue weighted by Gasteiger charge is 2.23. The highest BCUT2D eigenvalue weighted by Crippen LogP contribution is 2.34. The summed E-state index contributed by atoms with van der Waals surface area (Å²) >= 11 is 6.43. The van der Waals surface area contributed by atoms with Crippen LogP contribution in [-0.4, -0.2) is 12.6 Å². The summed E-state index contributed by atoms with van der Waals surface area (Å²) in [5.41, 5.74) is 8.16. The summed E-state index contributed by atoms with van der Waals surface area (Å²) in [5.74, 6) is 0. The van der Waals surface area contributed by atoms with Gasteiger partial charge < -0.3 is 10.6 Å². The van der Waals surface area contributed by atoms with Crippen molar-refractivity contribution in [2.45, 2.75) is 51.6 Å². The zero-order chi connectivity index (χ0) is 13.1. The van der Waals surface area contributed by atoms with Crippen LogP contribution in [0, 0.1) is 0 Å². The van der Waals surface area contributed by atoms with Gasteiger partial charge in [0.2, 0.25) is 0 Å². The van der Waals surface area contributed by atoms with Crippen LogP contribution in [0.4, 0.5) is 5.69 Å². The maximum Gasteiger partial charge on any atom is 0.0642 e.